The molecule has 1 nitrogen and oxygen atoms in total. The SMILES string of the molecule is [2H]c1c([2H])c(Cl)c(Cl)c(O)c1Cl. The van der Waals surface area contributed by atoms with Crippen molar-refractivity contribution < 1.29 is 7.85 Å². The summed E-state index contributed by atoms with van der Waals surface area (Å²) in [6.07, 6.45) is 0. The molecule has 1 aromatic carbocycles. The largest absolute Gasteiger partial charge is 0.505 e. The number of rotatable bonds is 0. The minimum Gasteiger partial charge on any atom is -0.505 e. The van der Waals surface area contributed by atoms with Gasteiger partial charge in [0.1, 0.15) is 5.02 Å². The van der Waals surface area contributed by atoms with E-state index in [0.29, 0.717) is 0 Å². The molecule has 0 aromatic heterocycles. The Morgan fingerprint density at radius 1 is 1.20 bits per heavy atom. The summed E-state index contributed by atoms with van der Waals surface area (Å²) in [5, 5.41) is 8.53. The van der Waals surface area contributed by atoms with Crippen LogP contribution < -0.4 is 0 Å². The maximum atomic E-state index is 9.14. The number of hydrogen-bond donors (Lipinski definition) is 1. The van der Waals surface area contributed by atoms with Crippen molar-refractivity contribution in [1.29, 1.82) is 0 Å². The van der Waals surface area contributed by atoms with Crippen molar-refractivity contribution in [1.82, 2.24) is 0 Å². The summed E-state index contributed by atoms with van der Waals surface area (Å²) in [6, 6.07) is -0.618. The molecule has 0 atom stereocenters. The first-order valence-electron chi connectivity index (χ1n) is 3.29. The van der Waals surface area contributed by atoms with E-state index in [-0.39, 0.29) is 27.2 Å². The van der Waals surface area contributed by atoms with E-state index in [0.717, 1.165) is 0 Å². The van der Waals surface area contributed by atoms with E-state index in [2.05, 4.69) is 0 Å². The van der Waals surface area contributed by atoms with E-state index >= 15 is 0 Å². The third-order valence-electron chi connectivity index (χ3n) is 0.891. The van der Waals surface area contributed by atoms with E-state index in [1.807, 2.05) is 0 Å². The van der Waals surface area contributed by atoms with Gasteiger partial charge in [-0.25, -0.2) is 0 Å². The van der Waals surface area contributed by atoms with Gasteiger partial charge in [-0.3, -0.25) is 0 Å². The van der Waals surface area contributed by atoms with Gasteiger partial charge in [0.05, 0.1) is 12.8 Å². The van der Waals surface area contributed by atoms with Crippen molar-refractivity contribution >= 4 is 34.8 Å². The van der Waals surface area contributed by atoms with Crippen molar-refractivity contribution in [3.05, 3.63) is 27.2 Å². The lowest BCUT2D eigenvalue weighted by molar-refractivity contribution is 0.476. The summed E-state index contributed by atoms with van der Waals surface area (Å²) in [7, 11) is 0. The first-order chi connectivity index (χ1) is 5.46. The molecular weight excluding hydrogens is 194 g/mol. The summed E-state index contributed by atoms with van der Waals surface area (Å²) in [6.45, 7) is 0. The quantitative estimate of drug-likeness (QED) is 0.635. The molecule has 1 N–H and O–H groups in total. The number of aromatic hydroxyl groups is 1. The Morgan fingerprint density at radius 3 is 2.30 bits per heavy atom. The van der Waals surface area contributed by atoms with E-state index < -0.39 is 5.75 Å². The second kappa shape index (κ2) is 2.87. The lowest BCUT2D eigenvalue weighted by Crippen LogP contribution is -1.71. The van der Waals surface area contributed by atoms with Crippen LogP contribution in [0.4, 0.5) is 0 Å². The third kappa shape index (κ3) is 1.31. The van der Waals surface area contributed by atoms with Crippen LogP contribution in [0.5, 0.6) is 5.75 Å². The molecule has 0 fully saturated rings. The monoisotopic (exact) mass is 198 g/mol. The maximum absolute atomic E-state index is 9.14. The molecule has 0 aliphatic heterocycles. The number of phenolic OH excluding ortho intramolecular Hbond substituents is 1. The summed E-state index contributed by atoms with van der Waals surface area (Å²) < 4.78 is 14.4. The number of halogens is 3. The van der Waals surface area contributed by atoms with Crippen LogP contribution in [0.25, 0.3) is 0 Å². The summed E-state index contributed by atoms with van der Waals surface area (Å²) >= 11 is 16.5. The standard InChI is InChI=1S/C6H3Cl3O/c7-3-1-2-4(8)6(10)5(3)9/h1-2,10H/i1D,2D. The zero-order chi connectivity index (χ0) is 9.46. The van der Waals surface area contributed by atoms with E-state index in [1.165, 1.54) is 0 Å². The number of benzene rings is 1. The summed E-state index contributed by atoms with van der Waals surface area (Å²) in [5.74, 6) is -0.454. The fourth-order valence-electron chi connectivity index (χ4n) is 0.424. The van der Waals surface area contributed by atoms with E-state index in [1.54, 1.807) is 0 Å². The Bertz CT molecular complexity index is 235. The molecule has 10 heavy (non-hydrogen) atoms. The topological polar surface area (TPSA) is 20.2 Å². The van der Waals surface area contributed by atoms with Gasteiger partial charge in [0.15, 0.2) is 5.75 Å². The van der Waals surface area contributed by atoms with Gasteiger partial charge in [0.2, 0.25) is 0 Å². The van der Waals surface area contributed by atoms with Gasteiger partial charge in [0.25, 0.3) is 0 Å². The number of hydrogen-bond acceptors (Lipinski definition) is 1. The molecule has 54 valence electrons. The highest BCUT2D eigenvalue weighted by Gasteiger charge is 2.06. The molecule has 0 bridgehead atoms. The highest BCUT2D eigenvalue weighted by Crippen LogP contribution is 2.36. The van der Waals surface area contributed by atoms with Gasteiger partial charge in [-0.2, -0.15) is 0 Å². The van der Waals surface area contributed by atoms with Crippen molar-refractivity contribution in [2.45, 2.75) is 0 Å². The first kappa shape index (κ1) is 5.53. The maximum Gasteiger partial charge on any atom is 0.154 e. The van der Waals surface area contributed by atoms with Crippen molar-refractivity contribution in [2.24, 2.45) is 0 Å². The molecule has 0 amide bonds. The lowest BCUT2D eigenvalue weighted by Gasteiger charge is -1.99. The molecule has 0 aliphatic carbocycles. The van der Waals surface area contributed by atoms with Gasteiger partial charge >= 0.3 is 0 Å². The molecule has 0 radical (unpaired) electrons. The predicted octanol–water partition coefficient (Wildman–Crippen LogP) is 3.35. The van der Waals surface area contributed by atoms with Crippen LogP contribution in [-0.4, -0.2) is 5.11 Å². The second-order valence-corrected chi connectivity index (χ2v) is 2.67. The van der Waals surface area contributed by atoms with Crippen molar-refractivity contribution in [3.8, 4) is 5.75 Å². The van der Waals surface area contributed by atoms with Crippen LogP contribution in [0.1, 0.15) is 2.74 Å². The molecule has 0 saturated carbocycles. The van der Waals surface area contributed by atoms with Gasteiger partial charge in [-0.05, 0) is 12.1 Å². The van der Waals surface area contributed by atoms with Crippen LogP contribution in [0.15, 0.2) is 12.1 Å². The minimum absolute atomic E-state index is 0.163. The van der Waals surface area contributed by atoms with Crippen LogP contribution in [0.3, 0.4) is 0 Å². The fourth-order valence-corrected chi connectivity index (χ4v) is 0.893. The van der Waals surface area contributed by atoms with E-state index in [4.69, 9.17) is 42.7 Å². The lowest BCUT2D eigenvalue weighted by atomic mass is 10.3. The Labute approximate surface area is 75.9 Å². The molecule has 0 saturated heterocycles. The van der Waals surface area contributed by atoms with Gasteiger partial charge in [-0.15, -0.1) is 0 Å². The molecule has 1 aromatic rings. The molecule has 0 spiro atoms. The predicted molar refractivity (Wildman–Crippen MR) is 43.1 cm³/mol. The highest BCUT2D eigenvalue weighted by molar-refractivity contribution is 6.44. The van der Waals surface area contributed by atoms with Crippen LogP contribution in [-0.2, 0) is 0 Å². The van der Waals surface area contributed by atoms with Gasteiger partial charge in [-0.1, -0.05) is 34.8 Å². The molecule has 4 heteroatoms. The Balaban J connectivity index is 3.60. The number of phenols is 1. The molecule has 0 unspecified atom stereocenters. The third-order valence-corrected chi connectivity index (χ3v) is 1.91. The normalized spacial score (nSPS) is 12.7. The van der Waals surface area contributed by atoms with Crippen molar-refractivity contribution in [3.63, 3.8) is 0 Å². The van der Waals surface area contributed by atoms with Gasteiger partial charge in [0, 0.05) is 0 Å². The smallest absolute Gasteiger partial charge is 0.154 e. The van der Waals surface area contributed by atoms with Gasteiger partial charge < -0.3 is 5.11 Å². The summed E-state index contributed by atoms with van der Waals surface area (Å²) in [5.41, 5.74) is 0. The summed E-state index contributed by atoms with van der Waals surface area (Å²) in [4.78, 5) is 0. The average Bonchev–Trinajstić information content (AvgIpc) is 2.08. The van der Waals surface area contributed by atoms with Crippen molar-refractivity contribution in [2.75, 3.05) is 0 Å². The van der Waals surface area contributed by atoms with Crippen LogP contribution in [0, 0.1) is 0 Å². The van der Waals surface area contributed by atoms with E-state index in [9.17, 15) is 0 Å². The zero-order valence-corrected chi connectivity index (χ0v) is 6.85. The fraction of sp³-hybridized carbons (Fsp3) is 0. The first-order valence-corrected chi connectivity index (χ1v) is 3.42. The Hall–Kier alpha value is -0.110. The van der Waals surface area contributed by atoms with Crippen LogP contribution >= 0.6 is 34.8 Å². The Morgan fingerprint density at radius 2 is 1.70 bits per heavy atom. The zero-order valence-electron chi connectivity index (χ0n) is 6.58. The molecule has 0 aliphatic rings. The minimum atomic E-state index is -0.454. The molecular formula is C6H3Cl3O. The molecule has 0 heterocycles. The second-order valence-electron chi connectivity index (χ2n) is 1.54. The molecule has 1 rings (SSSR count). The average molecular weight is 199 g/mol. The Kier molecular flexibility index (Phi) is 1.59. The highest BCUT2D eigenvalue weighted by atomic mass is 35.5. The van der Waals surface area contributed by atoms with Crippen LogP contribution in [0.2, 0.25) is 15.1 Å².